The first-order valence-electron chi connectivity index (χ1n) is 4.51. The maximum Gasteiger partial charge on any atom is 0.256 e. The zero-order valence-corrected chi connectivity index (χ0v) is 8.18. The van der Waals surface area contributed by atoms with Crippen molar-refractivity contribution in [2.75, 3.05) is 5.32 Å². The van der Waals surface area contributed by atoms with E-state index in [4.69, 9.17) is 0 Å². The monoisotopic (exact) mass is 216 g/mol. The number of rotatable bonds is 2. The minimum absolute atomic E-state index is 0.285. The molecule has 0 aliphatic rings. The van der Waals surface area contributed by atoms with Gasteiger partial charge in [0.25, 0.3) is 5.91 Å². The summed E-state index contributed by atoms with van der Waals surface area (Å²) in [6.07, 6.45) is 5.72. The highest BCUT2D eigenvalue weighted by molar-refractivity contribution is 6.03. The number of aromatic nitrogens is 3. The minimum Gasteiger partial charge on any atom is -0.329 e. The van der Waals surface area contributed by atoms with Gasteiger partial charge < -0.3 is 10.3 Å². The number of hydrogen-bond donors (Lipinski definition) is 2. The van der Waals surface area contributed by atoms with Crippen molar-refractivity contribution in [1.29, 1.82) is 0 Å². The Labute approximate surface area is 90.4 Å². The van der Waals surface area contributed by atoms with E-state index in [9.17, 15) is 9.59 Å². The smallest absolute Gasteiger partial charge is 0.256 e. The van der Waals surface area contributed by atoms with E-state index < -0.39 is 0 Å². The summed E-state index contributed by atoms with van der Waals surface area (Å²) >= 11 is 0. The molecule has 1 amide bonds. The zero-order chi connectivity index (χ0) is 11.4. The molecule has 0 bridgehead atoms. The molecule has 0 atom stereocenters. The fraction of sp³-hybridized carbons (Fsp3) is 0. The van der Waals surface area contributed by atoms with Gasteiger partial charge in [0.05, 0.1) is 18.1 Å². The number of aromatic amines is 1. The van der Waals surface area contributed by atoms with Gasteiger partial charge in [-0.25, -0.2) is 9.97 Å². The molecule has 0 radical (unpaired) electrons. The van der Waals surface area contributed by atoms with Crippen LogP contribution in [0.1, 0.15) is 10.4 Å². The van der Waals surface area contributed by atoms with E-state index in [0.29, 0.717) is 5.69 Å². The Morgan fingerprint density at radius 2 is 2.06 bits per heavy atom. The summed E-state index contributed by atoms with van der Waals surface area (Å²) in [7, 11) is 0. The molecule has 2 rings (SSSR count). The van der Waals surface area contributed by atoms with Crippen LogP contribution in [0.25, 0.3) is 0 Å². The van der Waals surface area contributed by atoms with Crippen LogP contribution in [0.2, 0.25) is 0 Å². The summed E-state index contributed by atoms with van der Waals surface area (Å²) in [5.41, 5.74) is 0.442. The van der Waals surface area contributed by atoms with Crippen molar-refractivity contribution < 1.29 is 4.79 Å². The predicted molar refractivity (Wildman–Crippen MR) is 57.0 cm³/mol. The molecular formula is C10H8N4O2. The first kappa shape index (κ1) is 10.0. The molecule has 0 fully saturated rings. The number of nitrogens with zero attached hydrogens (tertiary/aromatic N) is 2. The Kier molecular flexibility index (Phi) is 2.73. The molecule has 0 spiro atoms. The van der Waals surface area contributed by atoms with Crippen molar-refractivity contribution in [2.45, 2.75) is 0 Å². The molecule has 6 heteroatoms. The highest BCUT2D eigenvalue weighted by Gasteiger charge is 2.06. The number of anilines is 1. The number of pyridine rings is 1. The van der Waals surface area contributed by atoms with Gasteiger partial charge in [0.2, 0.25) is 5.56 Å². The lowest BCUT2D eigenvalue weighted by Crippen LogP contribution is -2.15. The van der Waals surface area contributed by atoms with E-state index in [1.807, 2.05) is 0 Å². The summed E-state index contributed by atoms with van der Waals surface area (Å²) in [6, 6.07) is 2.74. The molecule has 0 aliphatic carbocycles. The van der Waals surface area contributed by atoms with Crippen LogP contribution < -0.4 is 10.9 Å². The molecule has 0 saturated heterocycles. The van der Waals surface area contributed by atoms with Gasteiger partial charge in [-0.3, -0.25) is 9.59 Å². The van der Waals surface area contributed by atoms with Crippen molar-refractivity contribution in [3.8, 4) is 0 Å². The van der Waals surface area contributed by atoms with Crippen LogP contribution in [0.5, 0.6) is 0 Å². The van der Waals surface area contributed by atoms with Gasteiger partial charge in [-0.15, -0.1) is 0 Å². The van der Waals surface area contributed by atoms with Gasteiger partial charge in [-0.1, -0.05) is 0 Å². The first-order valence-corrected chi connectivity index (χ1v) is 4.51. The van der Waals surface area contributed by atoms with E-state index in [0.717, 1.165) is 0 Å². The van der Waals surface area contributed by atoms with Crippen LogP contribution in [-0.2, 0) is 0 Å². The lowest BCUT2D eigenvalue weighted by atomic mass is 10.2. The lowest BCUT2D eigenvalue weighted by molar-refractivity contribution is 0.102. The number of amides is 1. The molecule has 80 valence electrons. The second-order valence-corrected chi connectivity index (χ2v) is 3.02. The third kappa shape index (κ3) is 2.30. The Balaban J connectivity index is 2.18. The summed E-state index contributed by atoms with van der Waals surface area (Å²) in [5, 5.41) is 2.57. The Morgan fingerprint density at radius 3 is 2.75 bits per heavy atom. The zero-order valence-electron chi connectivity index (χ0n) is 8.18. The second kappa shape index (κ2) is 4.35. The maximum atomic E-state index is 11.6. The normalized spacial score (nSPS) is 9.75. The second-order valence-electron chi connectivity index (χ2n) is 3.02. The van der Waals surface area contributed by atoms with Gasteiger partial charge in [-0.2, -0.15) is 0 Å². The fourth-order valence-corrected chi connectivity index (χ4v) is 1.15. The van der Waals surface area contributed by atoms with Crippen molar-refractivity contribution in [2.24, 2.45) is 0 Å². The lowest BCUT2D eigenvalue weighted by Gasteiger charge is -2.02. The van der Waals surface area contributed by atoms with E-state index in [1.165, 1.54) is 37.1 Å². The number of carbonyl (C=O) groups excluding carboxylic acids is 1. The largest absolute Gasteiger partial charge is 0.329 e. The van der Waals surface area contributed by atoms with Gasteiger partial charge in [0.1, 0.15) is 6.33 Å². The topological polar surface area (TPSA) is 87.7 Å². The highest BCUT2D eigenvalue weighted by atomic mass is 16.2. The number of carbonyl (C=O) groups is 1. The predicted octanol–water partition coefficient (Wildman–Crippen LogP) is 0.417. The average molecular weight is 216 g/mol. The molecule has 0 unspecified atom stereocenters. The Morgan fingerprint density at radius 1 is 1.31 bits per heavy atom. The third-order valence-corrected chi connectivity index (χ3v) is 1.86. The number of hydrogen-bond acceptors (Lipinski definition) is 4. The molecule has 2 aromatic heterocycles. The van der Waals surface area contributed by atoms with Crippen LogP contribution in [0.3, 0.4) is 0 Å². The van der Waals surface area contributed by atoms with Gasteiger partial charge in [-0.05, 0) is 6.07 Å². The summed E-state index contributed by atoms with van der Waals surface area (Å²) in [5.74, 6) is -0.374. The number of H-pyrrole nitrogens is 1. The average Bonchev–Trinajstić information content (AvgIpc) is 2.30. The molecule has 0 saturated carbocycles. The van der Waals surface area contributed by atoms with E-state index in [2.05, 4.69) is 20.3 Å². The van der Waals surface area contributed by atoms with Crippen LogP contribution in [0.15, 0.2) is 41.8 Å². The van der Waals surface area contributed by atoms with Crippen LogP contribution in [-0.4, -0.2) is 20.9 Å². The minimum atomic E-state index is -0.374. The molecule has 2 heterocycles. The van der Waals surface area contributed by atoms with E-state index >= 15 is 0 Å². The van der Waals surface area contributed by atoms with Crippen molar-refractivity contribution in [1.82, 2.24) is 15.0 Å². The number of nitrogens with one attached hydrogen (secondary N) is 2. The van der Waals surface area contributed by atoms with Crippen molar-refractivity contribution in [3.05, 3.63) is 53.0 Å². The van der Waals surface area contributed by atoms with Crippen LogP contribution in [0.4, 0.5) is 5.69 Å². The molecule has 16 heavy (non-hydrogen) atoms. The van der Waals surface area contributed by atoms with Gasteiger partial charge in [0.15, 0.2) is 0 Å². The van der Waals surface area contributed by atoms with Gasteiger partial charge >= 0.3 is 0 Å². The van der Waals surface area contributed by atoms with Crippen LogP contribution >= 0.6 is 0 Å². The van der Waals surface area contributed by atoms with Crippen LogP contribution in [0, 0.1) is 0 Å². The fourth-order valence-electron chi connectivity index (χ4n) is 1.15. The Hall–Kier alpha value is -2.50. The molecule has 2 aromatic rings. The maximum absolute atomic E-state index is 11.6. The van der Waals surface area contributed by atoms with Crippen molar-refractivity contribution >= 4 is 11.6 Å². The van der Waals surface area contributed by atoms with E-state index in [1.54, 1.807) is 0 Å². The standard InChI is InChI=1S/C10H8N4O2/c15-9-3-7(1-2-13-9)10(16)14-8-4-11-6-12-5-8/h1-6H,(H,13,15)(H,14,16). The van der Waals surface area contributed by atoms with E-state index in [-0.39, 0.29) is 17.0 Å². The summed E-state index contributed by atoms with van der Waals surface area (Å²) in [4.78, 5) is 32.6. The molecule has 2 N–H and O–H groups in total. The molecule has 6 nitrogen and oxygen atoms in total. The Bertz CT molecular complexity index is 550. The molecule has 0 aromatic carbocycles. The summed E-state index contributed by atoms with van der Waals surface area (Å²) < 4.78 is 0. The summed E-state index contributed by atoms with van der Waals surface area (Å²) in [6.45, 7) is 0. The molecular weight excluding hydrogens is 208 g/mol. The van der Waals surface area contributed by atoms with Crippen molar-refractivity contribution in [3.63, 3.8) is 0 Å². The quantitative estimate of drug-likeness (QED) is 0.761. The molecule has 0 aliphatic heterocycles. The SMILES string of the molecule is O=C(Nc1cncnc1)c1cc[nH]c(=O)c1. The van der Waals surface area contributed by atoms with Gasteiger partial charge in [0, 0.05) is 17.8 Å². The third-order valence-electron chi connectivity index (χ3n) is 1.86. The first-order chi connectivity index (χ1) is 7.75. The highest BCUT2D eigenvalue weighted by Crippen LogP contribution is 2.03.